The molecule has 6 rings (SSSR count). The minimum atomic E-state index is -0.463. The predicted octanol–water partition coefficient (Wildman–Crippen LogP) is 11.3. The molecule has 0 saturated heterocycles. The number of rotatable bonds is 3. The van der Waals surface area contributed by atoms with Gasteiger partial charge in [0.05, 0.1) is 0 Å². The summed E-state index contributed by atoms with van der Waals surface area (Å²) in [6.45, 7) is 7.04. The van der Waals surface area contributed by atoms with Gasteiger partial charge in [0, 0.05) is 0 Å². The summed E-state index contributed by atoms with van der Waals surface area (Å²) < 4.78 is 0. The first kappa shape index (κ1) is 31.0. The SMILES string of the molecule is C1CCCC1.C1CCCC1.CC(C)(C)P1C(c2ccccc2)=[C-]/C1=C(\c1[c-]cccc1)c1ccccc1.[Zr+4]. The van der Waals surface area contributed by atoms with Crippen LogP contribution in [-0.2, 0) is 26.2 Å². The van der Waals surface area contributed by atoms with Crippen LogP contribution in [0.25, 0.3) is 10.9 Å². The van der Waals surface area contributed by atoms with Gasteiger partial charge < -0.3 is 0 Å². The van der Waals surface area contributed by atoms with E-state index in [1.807, 2.05) is 12.1 Å². The smallest absolute Gasteiger partial charge is 0.163 e. The molecule has 1 unspecified atom stereocenters. The first-order valence-corrected chi connectivity index (χ1v) is 15.7. The number of allylic oxidation sites excluding steroid dienone is 2. The van der Waals surface area contributed by atoms with E-state index in [2.05, 4.69) is 106 Å². The predicted molar refractivity (Wildman–Crippen MR) is 164 cm³/mol. The Kier molecular flexibility index (Phi) is 13.0. The fraction of sp³-hybridized carbons (Fsp3) is 0.389. The van der Waals surface area contributed by atoms with Gasteiger partial charge in [-0.05, 0) is 5.16 Å². The molecule has 3 aromatic carbocycles. The Morgan fingerprint density at radius 2 is 1.11 bits per heavy atom. The molecule has 3 aromatic rings. The standard InChI is InChI=1S/C26H23P.2C5H10.Zr/c1-26(2,3)27-23(20-13-7-4-8-14-20)19-24(27)25(21-15-9-5-10-16-21)22-17-11-6-12-18-22;2*1-2-4-5-3-1;/h4-17H,1-3H3;2*1-5H2;/q-2;;;+4/b25-24+;;;. The normalized spacial score (nSPS) is 19.4. The summed E-state index contributed by atoms with van der Waals surface area (Å²) in [5, 5.41) is 2.90. The maximum absolute atomic E-state index is 3.75. The van der Waals surface area contributed by atoms with E-state index in [4.69, 9.17) is 0 Å². The third-order valence-electron chi connectivity index (χ3n) is 7.18. The maximum Gasteiger partial charge on any atom is 4.00 e. The van der Waals surface area contributed by atoms with E-state index < -0.39 is 7.92 Å². The van der Waals surface area contributed by atoms with Crippen LogP contribution in [0.15, 0.2) is 90.2 Å². The summed E-state index contributed by atoms with van der Waals surface area (Å²) in [6, 6.07) is 33.1. The summed E-state index contributed by atoms with van der Waals surface area (Å²) in [4.78, 5) is 0. The molecular weight excluding hydrogens is 555 g/mol. The molecule has 0 radical (unpaired) electrons. The molecular formula is C36H43PZr+2. The van der Waals surface area contributed by atoms with E-state index in [9.17, 15) is 0 Å². The van der Waals surface area contributed by atoms with Crippen LogP contribution < -0.4 is 0 Å². The molecule has 2 aliphatic carbocycles. The Morgan fingerprint density at radius 1 is 0.632 bits per heavy atom. The van der Waals surface area contributed by atoms with Crippen molar-refractivity contribution in [1.29, 1.82) is 0 Å². The van der Waals surface area contributed by atoms with Crippen molar-refractivity contribution >= 4 is 18.8 Å². The minimum absolute atomic E-state index is 0. The maximum atomic E-state index is 3.75. The second-order valence-electron chi connectivity index (χ2n) is 11.2. The van der Waals surface area contributed by atoms with Crippen LogP contribution in [0.5, 0.6) is 0 Å². The average molecular weight is 598 g/mol. The molecule has 2 heteroatoms. The number of hydrogen-bond acceptors (Lipinski definition) is 0. The van der Waals surface area contributed by atoms with Gasteiger partial charge in [-0.2, -0.15) is 6.08 Å². The van der Waals surface area contributed by atoms with Crippen molar-refractivity contribution in [2.75, 3.05) is 0 Å². The second kappa shape index (κ2) is 15.9. The van der Waals surface area contributed by atoms with Crippen LogP contribution in [0.3, 0.4) is 0 Å². The summed E-state index contributed by atoms with van der Waals surface area (Å²) >= 11 is 0. The van der Waals surface area contributed by atoms with Crippen LogP contribution >= 0.6 is 7.92 Å². The number of hydrogen-bond donors (Lipinski definition) is 0. The van der Waals surface area contributed by atoms with Gasteiger partial charge in [0.1, 0.15) is 0 Å². The topological polar surface area (TPSA) is 0 Å². The van der Waals surface area contributed by atoms with Crippen LogP contribution in [0, 0.1) is 12.1 Å². The molecule has 0 N–H and O–H groups in total. The Hall–Kier alpha value is -1.55. The van der Waals surface area contributed by atoms with Gasteiger partial charge in [-0.3, -0.25) is 0 Å². The molecule has 3 aliphatic rings. The van der Waals surface area contributed by atoms with Crippen molar-refractivity contribution < 1.29 is 26.2 Å². The third kappa shape index (κ3) is 8.73. The molecule has 0 bridgehead atoms. The molecule has 2 saturated carbocycles. The van der Waals surface area contributed by atoms with Crippen molar-refractivity contribution in [3.63, 3.8) is 0 Å². The van der Waals surface area contributed by atoms with Gasteiger partial charge >= 0.3 is 26.2 Å². The minimum Gasteiger partial charge on any atom is -0.163 e. The summed E-state index contributed by atoms with van der Waals surface area (Å²) in [5.41, 5.74) is 4.96. The van der Waals surface area contributed by atoms with Gasteiger partial charge in [0.15, 0.2) is 0 Å². The molecule has 0 aromatic heterocycles. The van der Waals surface area contributed by atoms with E-state index in [1.54, 1.807) is 0 Å². The van der Waals surface area contributed by atoms with Crippen LogP contribution in [0.4, 0.5) is 0 Å². The fourth-order valence-corrected chi connectivity index (χ4v) is 7.99. The van der Waals surface area contributed by atoms with Gasteiger partial charge in [-0.1, -0.05) is 153 Å². The van der Waals surface area contributed by atoms with E-state index in [0.717, 1.165) is 5.56 Å². The zero-order valence-electron chi connectivity index (χ0n) is 23.6. The van der Waals surface area contributed by atoms with Crippen molar-refractivity contribution in [3.8, 4) is 0 Å². The van der Waals surface area contributed by atoms with Crippen molar-refractivity contribution in [2.24, 2.45) is 0 Å². The zero-order valence-corrected chi connectivity index (χ0v) is 27.0. The van der Waals surface area contributed by atoms with Crippen LogP contribution in [-0.4, -0.2) is 5.16 Å². The van der Waals surface area contributed by atoms with Gasteiger partial charge in [-0.25, -0.2) is 0 Å². The van der Waals surface area contributed by atoms with Crippen LogP contribution in [0.2, 0.25) is 0 Å². The first-order valence-electron chi connectivity index (χ1n) is 14.3. The number of benzene rings is 3. The van der Waals surface area contributed by atoms with Gasteiger partial charge in [-0.15, -0.1) is 64.2 Å². The van der Waals surface area contributed by atoms with E-state index in [1.165, 1.54) is 91.5 Å². The molecule has 0 amide bonds. The monoisotopic (exact) mass is 596 g/mol. The van der Waals surface area contributed by atoms with E-state index in [0.29, 0.717) is 0 Å². The molecule has 0 spiro atoms. The Balaban J connectivity index is 0.000000303. The molecule has 1 atom stereocenters. The van der Waals surface area contributed by atoms with Crippen molar-refractivity contribution in [2.45, 2.75) is 90.1 Å². The average Bonchev–Trinajstić information content (AvgIpc) is 3.67. The molecule has 2 fully saturated rings. The quantitative estimate of drug-likeness (QED) is 0.208. The summed E-state index contributed by atoms with van der Waals surface area (Å²) in [5.74, 6) is 0. The Labute approximate surface area is 252 Å². The molecule has 0 nitrogen and oxygen atoms in total. The third-order valence-corrected chi connectivity index (χ3v) is 10.1. The molecule has 1 heterocycles. The summed E-state index contributed by atoms with van der Waals surface area (Å²) in [6.07, 6.45) is 18.8. The first-order chi connectivity index (χ1) is 18.1. The Morgan fingerprint density at radius 3 is 1.55 bits per heavy atom. The van der Waals surface area contributed by atoms with E-state index in [-0.39, 0.29) is 31.4 Å². The second-order valence-corrected chi connectivity index (χ2v) is 14.2. The molecule has 38 heavy (non-hydrogen) atoms. The zero-order chi connectivity index (χ0) is 25.9. The molecule has 1 aliphatic heterocycles. The Bertz CT molecular complexity index is 1070. The van der Waals surface area contributed by atoms with Crippen molar-refractivity contribution in [3.05, 3.63) is 119 Å². The molecule has 194 valence electrons. The van der Waals surface area contributed by atoms with Crippen molar-refractivity contribution in [1.82, 2.24) is 0 Å². The van der Waals surface area contributed by atoms with Crippen LogP contribution in [0.1, 0.15) is 102 Å². The summed E-state index contributed by atoms with van der Waals surface area (Å²) in [7, 11) is -0.463. The van der Waals surface area contributed by atoms with Gasteiger partial charge in [0.25, 0.3) is 0 Å². The largest absolute Gasteiger partial charge is 4.00 e. The van der Waals surface area contributed by atoms with E-state index >= 15 is 0 Å². The van der Waals surface area contributed by atoms with Gasteiger partial charge in [0.2, 0.25) is 0 Å². The fourth-order valence-electron chi connectivity index (χ4n) is 5.27.